The molecule has 7 nitrogen and oxygen atoms in total. The second-order valence-corrected chi connectivity index (χ2v) is 6.06. The summed E-state index contributed by atoms with van der Waals surface area (Å²) in [5.74, 6) is 0.737. The number of hydrogen-bond donors (Lipinski definition) is 1. The lowest BCUT2D eigenvalue weighted by Crippen LogP contribution is -2.36. The molecule has 118 valence electrons. The van der Waals surface area contributed by atoms with Crippen LogP contribution >= 0.6 is 0 Å². The minimum absolute atomic E-state index is 0.0256. The predicted molar refractivity (Wildman–Crippen MR) is 82.6 cm³/mol. The van der Waals surface area contributed by atoms with E-state index in [0.29, 0.717) is 11.2 Å². The van der Waals surface area contributed by atoms with Gasteiger partial charge in [0.1, 0.15) is 18.7 Å². The van der Waals surface area contributed by atoms with Crippen molar-refractivity contribution in [2.45, 2.75) is 58.7 Å². The number of aromatic nitrogens is 4. The quantitative estimate of drug-likeness (QED) is 0.911. The minimum atomic E-state index is -0.246. The maximum atomic E-state index is 12.5. The summed E-state index contributed by atoms with van der Waals surface area (Å²) in [7, 11) is 0. The smallest absolute Gasteiger partial charge is 0.282 e. The highest BCUT2D eigenvalue weighted by molar-refractivity contribution is 5.76. The van der Waals surface area contributed by atoms with E-state index in [2.05, 4.69) is 15.3 Å². The normalized spacial score (nSPS) is 14.9. The van der Waals surface area contributed by atoms with Gasteiger partial charge in [-0.25, -0.2) is 9.97 Å². The Morgan fingerprint density at radius 2 is 2.18 bits per heavy atom. The third kappa shape index (κ3) is 2.75. The fourth-order valence-electron chi connectivity index (χ4n) is 2.87. The fraction of sp³-hybridized carbons (Fsp3) is 0.600. The summed E-state index contributed by atoms with van der Waals surface area (Å²) in [6, 6.07) is 0.0450. The molecule has 1 amide bonds. The highest BCUT2D eigenvalue weighted by Crippen LogP contribution is 2.18. The van der Waals surface area contributed by atoms with Gasteiger partial charge in [0.2, 0.25) is 5.91 Å². The Hall–Kier alpha value is -2.18. The molecule has 0 radical (unpaired) electrons. The Morgan fingerprint density at radius 3 is 2.95 bits per heavy atom. The summed E-state index contributed by atoms with van der Waals surface area (Å²) in [6.07, 6.45) is 5.68. The highest BCUT2D eigenvalue weighted by atomic mass is 16.2. The number of fused-ring (bicyclic) bond motifs is 3. The van der Waals surface area contributed by atoms with Gasteiger partial charge in [0.15, 0.2) is 11.2 Å². The molecule has 2 aromatic heterocycles. The Morgan fingerprint density at radius 1 is 1.36 bits per heavy atom. The van der Waals surface area contributed by atoms with Gasteiger partial charge < -0.3 is 9.88 Å². The number of nitrogens with one attached hydrogen (secondary N) is 1. The van der Waals surface area contributed by atoms with Crippen molar-refractivity contribution in [3.8, 4) is 0 Å². The minimum Gasteiger partial charge on any atom is -0.352 e. The van der Waals surface area contributed by atoms with E-state index in [9.17, 15) is 9.59 Å². The van der Waals surface area contributed by atoms with E-state index in [1.165, 1.54) is 17.3 Å². The van der Waals surface area contributed by atoms with Gasteiger partial charge in [0, 0.05) is 19.0 Å². The van der Waals surface area contributed by atoms with Gasteiger partial charge in [0.25, 0.3) is 5.56 Å². The van der Waals surface area contributed by atoms with Crippen LogP contribution in [0.2, 0.25) is 0 Å². The monoisotopic (exact) mass is 303 g/mol. The zero-order valence-electron chi connectivity index (χ0n) is 13.0. The molecular weight excluding hydrogens is 282 g/mol. The SMILES string of the molecule is CC(C)NC(=O)Cn1cnc2c(nc3n2CCCCC3)c1=O. The van der Waals surface area contributed by atoms with Gasteiger partial charge in [-0.2, -0.15) is 0 Å². The van der Waals surface area contributed by atoms with Crippen LogP contribution in [-0.2, 0) is 24.3 Å². The number of amides is 1. The molecule has 1 aliphatic heterocycles. The van der Waals surface area contributed by atoms with Gasteiger partial charge >= 0.3 is 0 Å². The lowest BCUT2D eigenvalue weighted by Gasteiger charge is -2.09. The summed E-state index contributed by atoms with van der Waals surface area (Å²) >= 11 is 0. The van der Waals surface area contributed by atoms with Crippen molar-refractivity contribution in [2.24, 2.45) is 0 Å². The van der Waals surface area contributed by atoms with Gasteiger partial charge in [-0.05, 0) is 26.7 Å². The van der Waals surface area contributed by atoms with E-state index in [1.807, 2.05) is 18.4 Å². The average Bonchev–Trinajstić information content (AvgIpc) is 2.64. The summed E-state index contributed by atoms with van der Waals surface area (Å²) in [5, 5.41) is 2.77. The first-order chi connectivity index (χ1) is 10.6. The molecule has 3 rings (SSSR count). The first-order valence-corrected chi connectivity index (χ1v) is 7.80. The fourth-order valence-corrected chi connectivity index (χ4v) is 2.87. The molecular formula is C15H21N5O2. The van der Waals surface area contributed by atoms with Crippen molar-refractivity contribution in [1.82, 2.24) is 24.4 Å². The third-order valence-electron chi connectivity index (χ3n) is 3.85. The lowest BCUT2D eigenvalue weighted by molar-refractivity contribution is -0.122. The molecule has 0 spiro atoms. The van der Waals surface area contributed by atoms with Crippen molar-refractivity contribution in [3.63, 3.8) is 0 Å². The number of carbonyl (C=O) groups is 1. The van der Waals surface area contributed by atoms with E-state index in [1.54, 1.807) is 0 Å². The zero-order chi connectivity index (χ0) is 15.7. The van der Waals surface area contributed by atoms with E-state index >= 15 is 0 Å². The molecule has 0 fully saturated rings. The molecule has 1 aliphatic rings. The van der Waals surface area contributed by atoms with Crippen molar-refractivity contribution in [2.75, 3.05) is 0 Å². The molecule has 0 atom stereocenters. The van der Waals surface area contributed by atoms with E-state index in [0.717, 1.165) is 31.6 Å². The topological polar surface area (TPSA) is 81.8 Å². The van der Waals surface area contributed by atoms with Gasteiger partial charge in [-0.15, -0.1) is 0 Å². The van der Waals surface area contributed by atoms with Gasteiger partial charge in [-0.3, -0.25) is 14.2 Å². The molecule has 0 saturated heterocycles. The van der Waals surface area contributed by atoms with Crippen LogP contribution in [0.1, 0.15) is 38.9 Å². The van der Waals surface area contributed by atoms with Crippen LogP contribution in [0.15, 0.2) is 11.1 Å². The van der Waals surface area contributed by atoms with Crippen molar-refractivity contribution < 1.29 is 4.79 Å². The summed E-state index contributed by atoms with van der Waals surface area (Å²) in [4.78, 5) is 33.2. The second-order valence-electron chi connectivity index (χ2n) is 6.06. The van der Waals surface area contributed by atoms with Crippen LogP contribution in [0.4, 0.5) is 0 Å². The number of imidazole rings is 1. The molecule has 0 bridgehead atoms. The Labute approximate surface area is 128 Å². The van der Waals surface area contributed by atoms with Crippen LogP contribution in [0.5, 0.6) is 0 Å². The summed E-state index contributed by atoms with van der Waals surface area (Å²) in [5.41, 5.74) is 0.767. The van der Waals surface area contributed by atoms with Crippen LogP contribution in [0.3, 0.4) is 0 Å². The molecule has 0 aromatic carbocycles. The number of nitrogens with zero attached hydrogens (tertiary/aromatic N) is 4. The van der Waals surface area contributed by atoms with E-state index < -0.39 is 0 Å². The molecule has 1 N–H and O–H groups in total. The van der Waals surface area contributed by atoms with Crippen molar-refractivity contribution in [3.05, 3.63) is 22.5 Å². The maximum absolute atomic E-state index is 12.5. The molecule has 7 heteroatoms. The molecule has 22 heavy (non-hydrogen) atoms. The number of hydrogen-bond acceptors (Lipinski definition) is 4. The zero-order valence-corrected chi connectivity index (χ0v) is 13.0. The maximum Gasteiger partial charge on any atom is 0.282 e. The number of aryl methyl sites for hydroxylation is 2. The van der Waals surface area contributed by atoms with Gasteiger partial charge in [0.05, 0.1) is 0 Å². The Balaban J connectivity index is 1.96. The highest BCUT2D eigenvalue weighted by Gasteiger charge is 2.18. The van der Waals surface area contributed by atoms with Crippen LogP contribution in [0.25, 0.3) is 11.2 Å². The molecule has 0 unspecified atom stereocenters. The van der Waals surface area contributed by atoms with Gasteiger partial charge in [-0.1, -0.05) is 6.42 Å². The third-order valence-corrected chi connectivity index (χ3v) is 3.85. The standard InChI is InChI=1S/C15H21N5O2/c1-10(2)17-12(21)8-19-9-16-14-13(15(19)22)18-11-6-4-3-5-7-20(11)14/h9-10H,3-8H2,1-2H3,(H,17,21). The first-order valence-electron chi connectivity index (χ1n) is 7.80. The predicted octanol–water partition coefficient (Wildman–Crippen LogP) is 0.844. The second kappa shape index (κ2) is 5.90. The number of rotatable bonds is 3. The van der Waals surface area contributed by atoms with Crippen molar-refractivity contribution >= 4 is 17.1 Å². The molecule has 3 heterocycles. The summed E-state index contributed by atoms with van der Waals surface area (Å²) in [6.45, 7) is 4.60. The Bertz CT molecular complexity index is 759. The van der Waals surface area contributed by atoms with Crippen LogP contribution in [-0.4, -0.2) is 31.1 Å². The Kier molecular flexibility index (Phi) is 3.96. The summed E-state index contributed by atoms with van der Waals surface area (Å²) < 4.78 is 3.37. The van der Waals surface area contributed by atoms with Crippen molar-refractivity contribution in [1.29, 1.82) is 0 Å². The molecule has 2 aromatic rings. The largest absolute Gasteiger partial charge is 0.352 e. The molecule has 0 saturated carbocycles. The van der Waals surface area contributed by atoms with Crippen LogP contribution in [0, 0.1) is 0 Å². The average molecular weight is 303 g/mol. The number of carbonyl (C=O) groups excluding carboxylic acids is 1. The van der Waals surface area contributed by atoms with E-state index in [4.69, 9.17) is 0 Å². The van der Waals surface area contributed by atoms with E-state index in [-0.39, 0.29) is 24.1 Å². The lowest BCUT2D eigenvalue weighted by atomic mass is 10.2. The first kappa shape index (κ1) is 14.7. The molecule has 0 aliphatic carbocycles. The van der Waals surface area contributed by atoms with Crippen LogP contribution < -0.4 is 10.9 Å².